The Balaban J connectivity index is 1.49. The van der Waals surface area contributed by atoms with Crippen molar-refractivity contribution in [2.75, 3.05) is 50.9 Å². The SMILES string of the molecule is CC1COc2c(N3CCC(N4CCOCC4)CC3)c(F)cc3c(=O)ccn1c23. The van der Waals surface area contributed by atoms with Crippen molar-refractivity contribution in [2.45, 2.75) is 31.8 Å². The normalized spacial score (nSPS) is 23.8. The molecule has 1 aromatic carbocycles. The first-order chi connectivity index (χ1) is 13.6. The zero-order valence-electron chi connectivity index (χ0n) is 16.2. The minimum atomic E-state index is -0.364. The van der Waals surface area contributed by atoms with Gasteiger partial charge in [0.15, 0.2) is 17.0 Å². The van der Waals surface area contributed by atoms with Crippen molar-refractivity contribution in [3.05, 3.63) is 34.4 Å². The molecule has 0 saturated carbocycles. The van der Waals surface area contributed by atoms with Gasteiger partial charge >= 0.3 is 0 Å². The van der Waals surface area contributed by atoms with E-state index in [9.17, 15) is 4.79 Å². The predicted octanol–water partition coefficient (Wildman–Crippen LogP) is 2.40. The van der Waals surface area contributed by atoms with Crippen LogP contribution in [-0.2, 0) is 4.74 Å². The highest BCUT2D eigenvalue weighted by Gasteiger charge is 2.31. The van der Waals surface area contributed by atoms with E-state index in [2.05, 4.69) is 9.80 Å². The molecule has 2 fully saturated rings. The molecule has 150 valence electrons. The lowest BCUT2D eigenvalue weighted by Crippen LogP contribution is -2.49. The van der Waals surface area contributed by atoms with Gasteiger partial charge in [-0.2, -0.15) is 0 Å². The van der Waals surface area contributed by atoms with Crippen molar-refractivity contribution in [1.29, 1.82) is 0 Å². The Labute approximate surface area is 163 Å². The number of anilines is 1. The Morgan fingerprint density at radius 2 is 1.89 bits per heavy atom. The second-order valence-electron chi connectivity index (χ2n) is 8.05. The third-order valence-electron chi connectivity index (χ3n) is 6.38. The zero-order chi connectivity index (χ0) is 19.3. The van der Waals surface area contributed by atoms with Gasteiger partial charge in [-0.1, -0.05) is 0 Å². The van der Waals surface area contributed by atoms with Crippen molar-refractivity contribution < 1.29 is 13.9 Å². The zero-order valence-corrected chi connectivity index (χ0v) is 16.2. The van der Waals surface area contributed by atoms with Crippen LogP contribution in [0.2, 0.25) is 0 Å². The summed E-state index contributed by atoms with van der Waals surface area (Å²) in [5.74, 6) is 0.160. The number of halogens is 1. The quantitative estimate of drug-likeness (QED) is 0.792. The van der Waals surface area contributed by atoms with Crippen LogP contribution in [0.4, 0.5) is 10.1 Å². The molecule has 3 aliphatic rings. The summed E-state index contributed by atoms with van der Waals surface area (Å²) in [5.41, 5.74) is 1.07. The Hall–Kier alpha value is -2.12. The molecule has 2 aromatic rings. The lowest BCUT2D eigenvalue weighted by molar-refractivity contribution is 0.0114. The number of piperidine rings is 1. The lowest BCUT2D eigenvalue weighted by atomic mass is 10.0. The van der Waals surface area contributed by atoms with Gasteiger partial charge in [-0.25, -0.2) is 4.39 Å². The Bertz CT molecular complexity index is 946. The molecule has 2 saturated heterocycles. The molecule has 3 aliphatic heterocycles. The smallest absolute Gasteiger partial charge is 0.189 e. The van der Waals surface area contributed by atoms with Gasteiger partial charge in [0.2, 0.25) is 0 Å². The molecule has 1 aromatic heterocycles. The largest absolute Gasteiger partial charge is 0.487 e. The number of rotatable bonds is 2. The number of morpholine rings is 1. The van der Waals surface area contributed by atoms with E-state index in [-0.39, 0.29) is 17.3 Å². The summed E-state index contributed by atoms with van der Waals surface area (Å²) < 4.78 is 28.6. The number of nitrogens with zero attached hydrogens (tertiary/aromatic N) is 3. The van der Waals surface area contributed by atoms with Crippen LogP contribution in [0.3, 0.4) is 0 Å². The number of benzene rings is 1. The molecular formula is C21H26FN3O3. The number of pyridine rings is 1. The molecule has 1 unspecified atom stereocenters. The van der Waals surface area contributed by atoms with Crippen LogP contribution in [0.5, 0.6) is 5.75 Å². The molecule has 4 heterocycles. The summed E-state index contributed by atoms with van der Waals surface area (Å²) in [6.45, 7) is 7.65. The first-order valence-electron chi connectivity index (χ1n) is 10.2. The third-order valence-corrected chi connectivity index (χ3v) is 6.38. The van der Waals surface area contributed by atoms with Gasteiger partial charge in [-0.15, -0.1) is 0 Å². The third kappa shape index (κ3) is 2.88. The van der Waals surface area contributed by atoms with E-state index in [4.69, 9.17) is 9.47 Å². The van der Waals surface area contributed by atoms with E-state index >= 15 is 4.39 Å². The van der Waals surface area contributed by atoms with Gasteiger partial charge in [0.05, 0.1) is 30.2 Å². The summed E-state index contributed by atoms with van der Waals surface area (Å²) in [6.07, 6.45) is 3.79. The molecular weight excluding hydrogens is 361 g/mol. The van der Waals surface area contributed by atoms with Crippen LogP contribution in [0.25, 0.3) is 10.9 Å². The highest BCUT2D eigenvalue weighted by Crippen LogP contribution is 2.42. The highest BCUT2D eigenvalue weighted by atomic mass is 19.1. The summed E-state index contributed by atoms with van der Waals surface area (Å²) in [4.78, 5) is 16.9. The molecule has 0 aliphatic carbocycles. The van der Waals surface area contributed by atoms with Crippen LogP contribution in [0, 0.1) is 5.82 Å². The average Bonchev–Trinajstić information content (AvgIpc) is 2.73. The Morgan fingerprint density at radius 1 is 1.14 bits per heavy atom. The minimum Gasteiger partial charge on any atom is -0.487 e. The second-order valence-corrected chi connectivity index (χ2v) is 8.05. The van der Waals surface area contributed by atoms with Gasteiger partial charge in [0.25, 0.3) is 0 Å². The van der Waals surface area contributed by atoms with E-state index in [0.29, 0.717) is 29.5 Å². The van der Waals surface area contributed by atoms with Crippen LogP contribution in [-0.4, -0.2) is 61.5 Å². The van der Waals surface area contributed by atoms with Crippen LogP contribution in [0.1, 0.15) is 25.8 Å². The van der Waals surface area contributed by atoms with E-state index in [1.165, 1.54) is 12.1 Å². The van der Waals surface area contributed by atoms with Crippen LogP contribution >= 0.6 is 0 Å². The fraction of sp³-hybridized carbons (Fsp3) is 0.571. The van der Waals surface area contributed by atoms with Gasteiger partial charge in [0.1, 0.15) is 12.3 Å². The average molecular weight is 387 g/mol. The van der Waals surface area contributed by atoms with Crippen molar-refractivity contribution >= 4 is 16.6 Å². The van der Waals surface area contributed by atoms with E-state index in [1.807, 2.05) is 11.5 Å². The molecule has 28 heavy (non-hydrogen) atoms. The maximum atomic E-state index is 15.1. The molecule has 7 heteroatoms. The first kappa shape index (κ1) is 17.9. The monoisotopic (exact) mass is 387 g/mol. The Kier molecular flexibility index (Phi) is 4.51. The molecule has 0 radical (unpaired) electrons. The molecule has 0 amide bonds. The summed E-state index contributed by atoms with van der Waals surface area (Å²) >= 11 is 0. The number of aromatic nitrogens is 1. The summed E-state index contributed by atoms with van der Waals surface area (Å²) in [5, 5.41) is 0.397. The van der Waals surface area contributed by atoms with Crippen molar-refractivity contribution in [3.8, 4) is 5.75 Å². The second kappa shape index (κ2) is 7.04. The number of ether oxygens (including phenoxy) is 2. The highest BCUT2D eigenvalue weighted by molar-refractivity contribution is 5.92. The molecule has 0 N–H and O–H groups in total. The van der Waals surface area contributed by atoms with E-state index in [0.717, 1.165) is 57.8 Å². The molecule has 5 rings (SSSR count). The van der Waals surface area contributed by atoms with Gasteiger partial charge in [-0.05, 0) is 25.8 Å². The first-order valence-corrected chi connectivity index (χ1v) is 10.2. The van der Waals surface area contributed by atoms with Crippen LogP contribution < -0.4 is 15.1 Å². The summed E-state index contributed by atoms with van der Waals surface area (Å²) in [6, 6.07) is 3.55. The van der Waals surface area contributed by atoms with Crippen molar-refractivity contribution in [2.24, 2.45) is 0 Å². The molecule has 0 spiro atoms. The van der Waals surface area contributed by atoms with Gasteiger partial charge in [0, 0.05) is 44.5 Å². The maximum Gasteiger partial charge on any atom is 0.189 e. The molecule has 1 atom stereocenters. The summed E-state index contributed by atoms with van der Waals surface area (Å²) in [7, 11) is 0. The van der Waals surface area contributed by atoms with E-state index in [1.54, 1.807) is 6.20 Å². The molecule has 0 bridgehead atoms. The lowest BCUT2D eigenvalue weighted by Gasteiger charge is -2.41. The van der Waals surface area contributed by atoms with Crippen molar-refractivity contribution in [3.63, 3.8) is 0 Å². The van der Waals surface area contributed by atoms with Crippen LogP contribution in [0.15, 0.2) is 23.1 Å². The Morgan fingerprint density at radius 3 is 2.64 bits per heavy atom. The van der Waals surface area contributed by atoms with Gasteiger partial charge in [-0.3, -0.25) is 9.69 Å². The standard InChI is InChI=1S/C21H26FN3O3/c1-14-13-28-21-19-16(18(26)4-7-25(14)19)12-17(22)20(21)24-5-2-15(3-6-24)23-8-10-27-11-9-23/h4,7,12,14-15H,2-3,5-6,8-11,13H2,1H3. The maximum absolute atomic E-state index is 15.1. The fourth-order valence-electron chi connectivity index (χ4n) is 4.84. The van der Waals surface area contributed by atoms with E-state index < -0.39 is 0 Å². The fourth-order valence-corrected chi connectivity index (χ4v) is 4.84. The topological polar surface area (TPSA) is 46.9 Å². The van der Waals surface area contributed by atoms with Crippen molar-refractivity contribution in [1.82, 2.24) is 9.47 Å². The minimum absolute atomic E-state index is 0.112. The molecule has 6 nitrogen and oxygen atoms in total. The number of hydrogen-bond donors (Lipinski definition) is 0. The number of hydrogen-bond acceptors (Lipinski definition) is 5. The van der Waals surface area contributed by atoms with Gasteiger partial charge < -0.3 is 18.9 Å². The predicted molar refractivity (Wildman–Crippen MR) is 106 cm³/mol.